The van der Waals surface area contributed by atoms with Gasteiger partial charge in [0.2, 0.25) is 5.91 Å². The van der Waals surface area contributed by atoms with E-state index in [9.17, 15) is 9.90 Å². The number of phenols is 1. The summed E-state index contributed by atoms with van der Waals surface area (Å²) >= 11 is 6.02. The van der Waals surface area contributed by atoms with Gasteiger partial charge in [0.1, 0.15) is 5.75 Å². The molecule has 6 heteroatoms. The molecule has 2 aromatic carbocycles. The quantitative estimate of drug-likeness (QED) is 0.748. The predicted molar refractivity (Wildman–Crippen MR) is 98.9 cm³/mol. The smallest absolute Gasteiger partial charge is 0.229 e. The Hall–Kier alpha value is -2.53. The summed E-state index contributed by atoms with van der Waals surface area (Å²) in [6.45, 7) is 6.29. The average molecular weight is 358 g/mol. The fourth-order valence-corrected chi connectivity index (χ4v) is 3.18. The Morgan fingerprint density at radius 3 is 2.60 bits per heavy atom. The van der Waals surface area contributed by atoms with Gasteiger partial charge in [0.15, 0.2) is 0 Å². The van der Waals surface area contributed by atoms with Crippen molar-refractivity contribution in [2.24, 2.45) is 5.73 Å². The van der Waals surface area contributed by atoms with Crippen molar-refractivity contribution < 1.29 is 9.90 Å². The second-order valence-electron chi connectivity index (χ2n) is 7.07. The van der Waals surface area contributed by atoms with Crippen molar-refractivity contribution in [2.75, 3.05) is 0 Å². The number of nitrogens with zero attached hydrogens (tertiary/aromatic N) is 2. The number of amides is 1. The summed E-state index contributed by atoms with van der Waals surface area (Å²) in [7, 11) is 0. The zero-order valence-electron chi connectivity index (χ0n) is 14.3. The summed E-state index contributed by atoms with van der Waals surface area (Å²) in [6, 6.07) is 10.2. The third-order valence-corrected chi connectivity index (χ3v) is 4.45. The highest BCUT2D eigenvalue weighted by atomic mass is 35.5. The molecule has 3 aromatic rings. The van der Waals surface area contributed by atoms with Gasteiger partial charge in [-0.2, -0.15) is 0 Å². The largest absolute Gasteiger partial charge is 0.508 e. The number of halogens is 1. The lowest BCUT2D eigenvalue weighted by atomic mass is 9.89. The first-order valence-electron chi connectivity index (χ1n) is 7.93. The second kappa shape index (κ2) is 6.08. The first kappa shape index (κ1) is 17.3. The van der Waals surface area contributed by atoms with Gasteiger partial charge in [-0.05, 0) is 56.7 Å². The molecule has 0 radical (unpaired) electrons. The molecule has 3 rings (SSSR count). The van der Waals surface area contributed by atoms with Crippen LogP contribution < -0.4 is 5.73 Å². The summed E-state index contributed by atoms with van der Waals surface area (Å²) in [4.78, 5) is 16.6. The molecule has 0 fully saturated rings. The van der Waals surface area contributed by atoms with Crippen LogP contribution in [0, 0.1) is 0 Å². The Morgan fingerprint density at radius 2 is 1.96 bits per heavy atom. The SMILES string of the molecule is CC(C)(C)n1cnc2cc(C(C(N)=O)c3cc(Cl)ccc3O)ccc21. The minimum absolute atomic E-state index is 0.0199. The summed E-state index contributed by atoms with van der Waals surface area (Å²) in [5.74, 6) is -1.39. The van der Waals surface area contributed by atoms with Gasteiger partial charge in [0, 0.05) is 16.1 Å². The number of fused-ring (bicyclic) bond motifs is 1. The molecule has 0 spiro atoms. The van der Waals surface area contributed by atoms with Gasteiger partial charge in [-0.3, -0.25) is 4.79 Å². The zero-order chi connectivity index (χ0) is 18.4. The first-order valence-corrected chi connectivity index (χ1v) is 8.31. The Balaban J connectivity index is 2.15. The van der Waals surface area contributed by atoms with Crippen molar-refractivity contribution in [1.29, 1.82) is 0 Å². The zero-order valence-corrected chi connectivity index (χ0v) is 15.1. The molecule has 0 aliphatic rings. The number of aromatic nitrogens is 2. The molecule has 0 saturated heterocycles. The molecule has 1 aromatic heterocycles. The van der Waals surface area contributed by atoms with Crippen molar-refractivity contribution >= 4 is 28.5 Å². The molecule has 0 aliphatic carbocycles. The molecule has 3 N–H and O–H groups in total. The van der Waals surface area contributed by atoms with Crippen molar-refractivity contribution in [1.82, 2.24) is 9.55 Å². The molecule has 1 unspecified atom stereocenters. The van der Waals surface area contributed by atoms with Gasteiger partial charge < -0.3 is 15.4 Å². The van der Waals surface area contributed by atoms with Crippen LogP contribution >= 0.6 is 11.6 Å². The molecule has 130 valence electrons. The summed E-state index contributed by atoms with van der Waals surface area (Å²) in [5, 5.41) is 10.6. The van der Waals surface area contributed by atoms with Crippen molar-refractivity contribution in [3.8, 4) is 5.75 Å². The van der Waals surface area contributed by atoms with Crippen LogP contribution in [0.4, 0.5) is 0 Å². The third-order valence-electron chi connectivity index (χ3n) is 4.21. The van der Waals surface area contributed by atoms with Crippen LogP contribution in [0.25, 0.3) is 11.0 Å². The normalized spacial score (nSPS) is 13.1. The van der Waals surface area contributed by atoms with E-state index in [1.54, 1.807) is 18.5 Å². The lowest BCUT2D eigenvalue weighted by molar-refractivity contribution is -0.118. The summed E-state index contributed by atoms with van der Waals surface area (Å²) < 4.78 is 2.07. The Morgan fingerprint density at radius 1 is 1.24 bits per heavy atom. The third kappa shape index (κ3) is 3.20. The second-order valence-corrected chi connectivity index (χ2v) is 7.51. The number of imidazole rings is 1. The molecular weight excluding hydrogens is 338 g/mol. The van der Waals surface area contributed by atoms with E-state index in [4.69, 9.17) is 17.3 Å². The minimum Gasteiger partial charge on any atom is -0.508 e. The molecular formula is C19H20ClN3O2. The van der Waals surface area contributed by atoms with Crippen LogP contribution in [0.3, 0.4) is 0 Å². The van der Waals surface area contributed by atoms with Gasteiger partial charge in [0.25, 0.3) is 0 Å². The molecule has 1 atom stereocenters. The van der Waals surface area contributed by atoms with Crippen LogP contribution in [0.2, 0.25) is 5.02 Å². The Labute approximate surface area is 151 Å². The van der Waals surface area contributed by atoms with Gasteiger partial charge >= 0.3 is 0 Å². The van der Waals surface area contributed by atoms with E-state index in [-0.39, 0.29) is 11.3 Å². The number of carbonyl (C=O) groups excluding carboxylic acids is 1. The Bertz CT molecular complexity index is 957. The number of nitrogens with two attached hydrogens (primary N) is 1. The van der Waals surface area contributed by atoms with Crippen molar-refractivity contribution in [3.05, 3.63) is 58.9 Å². The number of carbonyl (C=O) groups is 1. The highest BCUT2D eigenvalue weighted by Crippen LogP contribution is 2.34. The van der Waals surface area contributed by atoms with E-state index >= 15 is 0 Å². The minimum atomic E-state index is -0.803. The maximum absolute atomic E-state index is 12.1. The topological polar surface area (TPSA) is 81.1 Å². The molecule has 0 aliphatic heterocycles. The molecule has 25 heavy (non-hydrogen) atoms. The van der Waals surface area contributed by atoms with E-state index in [0.29, 0.717) is 16.1 Å². The van der Waals surface area contributed by atoms with Gasteiger partial charge in [-0.1, -0.05) is 17.7 Å². The van der Waals surface area contributed by atoms with E-state index in [0.717, 1.165) is 11.0 Å². The average Bonchev–Trinajstić information content (AvgIpc) is 2.94. The van der Waals surface area contributed by atoms with Crippen LogP contribution in [0.1, 0.15) is 37.8 Å². The molecule has 5 nitrogen and oxygen atoms in total. The monoisotopic (exact) mass is 357 g/mol. The van der Waals surface area contributed by atoms with E-state index in [1.807, 2.05) is 18.2 Å². The van der Waals surface area contributed by atoms with E-state index in [2.05, 4.69) is 30.3 Å². The number of aromatic hydroxyl groups is 1. The number of hydrogen-bond donors (Lipinski definition) is 2. The summed E-state index contributed by atoms with van der Waals surface area (Å²) in [5.41, 5.74) is 8.29. The van der Waals surface area contributed by atoms with Crippen LogP contribution in [0.5, 0.6) is 5.75 Å². The van der Waals surface area contributed by atoms with Crippen molar-refractivity contribution in [3.63, 3.8) is 0 Å². The maximum atomic E-state index is 12.1. The molecule has 0 saturated carbocycles. The molecule has 1 amide bonds. The number of hydrogen-bond acceptors (Lipinski definition) is 3. The maximum Gasteiger partial charge on any atom is 0.229 e. The number of rotatable bonds is 3. The molecule has 1 heterocycles. The fraction of sp³-hybridized carbons (Fsp3) is 0.263. The standard InChI is InChI=1S/C19H20ClN3O2/c1-19(2,3)23-10-22-14-8-11(4-6-15(14)23)17(18(21)25)13-9-12(20)5-7-16(13)24/h4-10,17,24H,1-3H3,(H2,21,25). The van der Waals surface area contributed by atoms with Crippen molar-refractivity contribution in [2.45, 2.75) is 32.2 Å². The highest BCUT2D eigenvalue weighted by molar-refractivity contribution is 6.30. The Kier molecular flexibility index (Phi) is 4.21. The number of benzene rings is 2. The predicted octanol–water partition coefficient (Wildman–Crippen LogP) is 3.77. The fourth-order valence-electron chi connectivity index (χ4n) is 3.00. The first-order chi connectivity index (χ1) is 11.7. The van der Waals surface area contributed by atoms with Crippen LogP contribution in [0.15, 0.2) is 42.7 Å². The number of primary amides is 1. The lowest BCUT2D eigenvalue weighted by Crippen LogP contribution is -2.23. The van der Waals surface area contributed by atoms with Gasteiger partial charge in [-0.25, -0.2) is 4.98 Å². The van der Waals surface area contributed by atoms with Crippen LogP contribution in [-0.2, 0) is 10.3 Å². The number of phenolic OH excluding ortho intramolecular Hbond substituents is 1. The van der Waals surface area contributed by atoms with Gasteiger partial charge in [-0.15, -0.1) is 0 Å². The van der Waals surface area contributed by atoms with E-state index < -0.39 is 11.8 Å². The lowest BCUT2D eigenvalue weighted by Gasteiger charge is -2.22. The summed E-state index contributed by atoms with van der Waals surface area (Å²) in [6.07, 6.45) is 1.78. The van der Waals surface area contributed by atoms with Gasteiger partial charge in [0.05, 0.1) is 23.3 Å². The van der Waals surface area contributed by atoms with E-state index in [1.165, 1.54) is 6.07 Å². The molecule has 0 bridgehead atoms. The highest BCUT2D eigenvalue weighted by Gasteiger charge is 2.25. The van der Waals surface area contributed by atoms with Crippen LogP contribution in [-0.4, -0.2) is 20.6 Å².